The first kappa shape index (κ1) is 16.1. The van der Waals surface area contributed by atoms with Gasteiger partial charge in [0.15, 0.2) is 5.15 Å². The first-order valence-electron chi connectivity index (χ1n) is 7.64. The molecule has 0 aliphatic carbocycles. The second-order valence-electron chi connectivity index (χ2n) is 5.52. The Bertz CT molecular complexity index is 577. The van der Waals surface area contributed by atoms with Crippen LogP contribution in [0, 0.1) is 6.92 Å². The first-order chi connectivity index (χ1) is 10.1. The molecule has 1 aromatic carbocycles. The van der Waals surface area contributed by atoms with Crippen molar-refractivity contribution in [2.24, 2.45) is 0 Å². The Labute approximate surface area is 132 Å². The molecule has 0 bridgehead atoms. The molecule has 2 aromatic rings. The van der Waals surface area contributed by atoms with Crippen LogP contribution in [0.5, 0.6) is 0 Å². The zero-order valence-corrected chi connectivity index (χ0v) is 13.8. The topological polar surface area (TPSA) is 40.7 Å². The summed E-state index contributed by atoms with van der Waals surface area (Å²) in [5.41, 5.74) is 3.60. The Morgan fingerprint density at radius 3 is 2.81 bits per heavy atom. The van der Waals surface area contributed by atoms with Gasteiger partial charge in [0.1, 0.15) is 5.82 Å². The van der Waals surface area contributed by atoms with Crippen LogP contribution in [0.25, 0.3) is 0 Å². The van der Waals surface area contributed by atoms with E-state index in [1.165, 1.54) is 11.1 Å². The Kier molecular flexibility index (Phi) is 5.83. The van der Waals surface area contributed by atoms with Crippen molar-refractivity contribution in [3.8, 4) is 0 Å². The minimum Gasteiger partial charge on any atom is -0.344 e. The van der Waals surface area contributed by atoms with Crippen molar-refractivity contribution in [1.29, 1.82) is 0 Å². The highest BCUT2D eigenvalue weighted by Crippen LogP contribution is 2.19. The number of nitrogens with one attached hydrogen (secondary N) is 2. The summed E-state index contributed by atoms with van der Waals surface area (Å²) in [5.74, 6) is 0.988. The highest BCUT2D eigenvalue weighted by atomic mass is 35.5. The van der Waals surface area contributed by atoms with Crippen molar-refractivity contribution >= 4 is 11.6 Å². The zero-order valence-electron chi connectivity index (χ0n) is 13.0. The highest BCUT2D eigenvalue weighted by Gasteiger charge is 2.11. The molecule has 114 valence electrons. The van der Waals surface area contributed by atoms with Crippen LogP contribution in [0.3, 0.4) is 0 Å². The lowest BCUT2D eigenvalue weighted by Gasteiger charge is -2.16. The normalized spacial score (nSPS) is 12.6. The molecule has 0 saturated heterocycles. The molecule has 1 heterocycles. The summed E-state index contributed by atoms with van der Waals surface area (Å²) in [5, 5.41) is 4.10. The lowest BCUT2D eigenvalue weighted by Crippen LogP contribution is -2.19. The predicted octanol–water partition coefficient (Wildman–Crippen LogP) is 4.56. The highest BCUT2D eigenvalue weighted by molar-refractivity contribution is 6.30. The molecule has 0 saturated carbocycles. The maximum absolute atomic E-state index is 6.20. The molecule has 4 heteroatoms. The van der Waals surface area contributed by atoms with Crippen LogP contribution < -0.4 is 5.32 Å². The average Bonchev–Trinajstić information content (AvgIpc) is 2.83. The van der Waals surface area contributed by atoms with Crippen LogP contribution in [-0.2, 0) is 13.0 Å². The second-order valence-corrected chi connectivity index (χ2v) is 5.87. The summed E-state index contributed by atoms with van der Waals surface area (Å²) in [7, 11) is 0. The van der Waals surface area contributed by atoms with Crippen molar-refractivity contribution in [3.05, 3.63) is 52.1 Å². The minimum atomic E-state index is 0.282. The number of imidazole rings is 1. The fourth-order valence-corrected chi connectivity index (χ4v) is 2.67. The summed E-state index contributed by atoms with van der Waals surface area (Å²) in [6, 6.07) is 8.72. The van der Waals surface area contributed by atoms with Crippen molar-refractivity contribution in [1.82, 2.24) is 15.3 Å². The number of hydrogen-bond donors (Lipinski definition) is 2. The molecule has 21 heavy (non-hydrogen) atoms. The molecule has 0 aliphatic heterocycles. The van der Waals surface area contributed by atoms with Gasteiger partial charge in [-0.05, 0) is 31.4 Å². The maximum atomic E-state index is 6.20. The quantitative estimate of drug-likeness (QED) is 0.787. The lowest BCUT2D eigenvalue weighted by atomic mass is 10.0. The van der Waals surface area contributed by atoms with Crippen LogP contribution in [0.15, 0.2) is 24.3 Å². The zero-order chi connectivity index (χ0) is 15.2. The van der Waals surface area contributed by atoms with E-state index >= 15 is 0 Å². The molecule has 0 radical (unpaired) electrons. The number of hydrogen-bond acceptors (Lipinski definition) is 2. The molecule has 0 fully saturated rings. The Morgan fingerprint density at radius 1 is 1.33 bits per heavy atom. The molecule has 1 aromatic heterocycles. The monoisotopic (exact) mass is 305 g/mol. The minimum absolute atomic E-state index is 0.282. The largest absolute Gasteiger partial charge is 0.344 e. The van der Waals surface area contributed by atoms with Crippen LogP contribution in [0.1, 0.15) is 55.4 Å². The van der Waals surface area contributed by atoms with Gasteiger partial charge in [-0.25, -0.2) is 4.98 Å². The number of nitrogens with zero attached hydrogens (tertiary/aromatic N) is 1. The van der Waals surface area contributed by atoms with E-state index in [0.29, 0.717) is 11.7 Å². The van der Waals surface area contributed by atoms with Gasteiger partial charge in [0.2, 0.25) is 0 Å². The number of unbranched alkanes of at least 4 members (excludes halogenated alkanes) is 1. The Hall–Kier alpha value is -1.32. The number of rotatable bonds is 7. The van der Waals surface area contributed by atoms with Gasteiger partial charge in [-0.15, -0.1) is 0 Å². The van der Waals surface area contributed by atoms with Crippen molar-refractivity contribution in [3.63, 3.8) is 0 Å². The number of aromatic amines is 1. The fraction of sp³-hybridized carbons (Fsp3) is 0.471. The summed E-state index contributed by atoms with van der Waals surface area (Å²) >= 11 is 6.20. The van der Waals surface area contributed by atoms with Crippen molar-refractivity contribution < 1.29 is 0 Å². The number of aromatic nitrogens is 2. The molecule has 1 atom stereocenters. The van der Waals surface area contributed by atoms with E-state index in [1.54, 1.807) is 0 Å². The molecular weight excluding hydrogens is 282 g/mol. The molecular formula is C17H24ClN3. The molecule has 0 amide bonds. The summed E-state index contributed by atoms with van der Waals surface area (Å²) in [6.07, 6.45) is 3.26. The van der Waals surface area contributed by atoms with E-state index in [0.717, 1.165) is 30.8 Å². The number of aryl methyl sites for hydroxylation is 2. The molecule has 0 aliphatic rings. The average molecular weight is 306 g/mol. The third-order valence-electron chi connectivity index (χ3n) is 3.78. The van der Waals surface area contributed by atoms with E-state index in [2.05, 4.69) is 60.3 Å². The third-order valence-corrected chi connectivity index (χ3v) is 4.10. The van der Waals surface area contributed by atoms with Gasteiger partial charge in [0.25, 0.3) is 0 Å². The summed E-state index contributed by atoms with van der Waals surface area (Å²) in [6.45, 7) is 7.19. The lowest BCUT2D eigenvalue weighted by molar-refractivity contribution is 0.566. The maximum Gasteiger partial charge on any atom is 0.151 e. The van der Waals surface area contributed by atoms with E-state index in [-0.39, 0.29) is 6.04 Å². The first-order valence-corrected chi connectivity index (χ1v) is 8.01. The molecule has 0 spiro atoms. The molecule has 2 rings (SSSR count). The van der Waals surface area contributed by atoms with Crippen LogP contribution in [0.4, 0.5) is 0 Å². The van der Waals surface area contributed by atoms with Gasteiger partial charge in [-0.2, -0.15) is 0 Å². The van der Waals surface area contributed by atoms with Gasteiger partial charge in [0.05, 0.1) is 5.69 Å². The van der Waals surface area contributed by atoms with Gasteiger partial charge in [-0.1, -0.05) is 49.2 Å². The SMILES string of the molecule is CCCCc1nc(Cl)c(CN[C@@H](C)c2ccccc2C)[nH]1. The van der Waals surface area contributed by atoms with E-state index in [1.807, 2.05) is 0 Å². The van der Waals surface area contributed by atoms with E-state index < -0.39 is 0 Å². The fourth-order valence-electron chi connectivity index (χ4n) is 2.46. The van der Waals surface area contributed by atoms with E-state index in [9.17, 15) is 0 Å². The Balaban J connectivity index is 1.96. The van der Waals surface area contributed by atoms with Crippen LogP contribution in [0.2, 0.25) is 5.15 Å². The standard InChI is InChI=1S/C17H24ClN3/c1-4-5-10-16-20-15(17(18)21-16)11-19-13(3)14-9-7-6-8-12(14)2/h6-9,13,19H,4-5,10-11H2,1-3H3,(H,20,21)/t13-/m0/s1. The smallest absolute Gasteiger partial charge is 0.151 e. The number of H-pyrrole nitrogens is 1. The van der Waals surface area contributed by atoms with Gasteiger partial charge >= 0.3 is 0 Å². The molecule has 2 N–H and O–H groups in total. The van der Waals surface area contributed by atoms with Crippen LogP contribution in [-0.4, -0.2) is 9.97 Å². The van der Waals surface area contributed by atoms with Crippen molar-refractivity contribution in [2.45, 2.75) is 52.6 Å². The van der Waals surface area contributed by atoms with Crippen LogP contribution >= 0.6 is 11.6 Å². The number of benzene rings is 1. The summed E-state index contributed by atoms with van der Waals surface area (Å²) < 4.78 is 0. The molecule has 0 unspecified atom stereocenters. The number of halogens is 1. The third kappa shape index (κ3) is 4.32. The van der Waals surface area contributed by atoms with Gasteiger partial charge in [-0.3, -0.25) is 0 Å². The van der Waals surface area contributed by atoms with E-state index in [4.69, 9.17) is 11.6 Å². The predicted molar refractivity (Wildman–Crippen MR) is 88.6 cm³/mol. The van der Waals surface area contributed by atoms with Gasteiger partial charge in [0, 0.05) is 19.0 Å². The van der Waals surface area contributed by atoms with Crippen molar-refractivity contribution in [2.75, 3.05) is 0 Å². The second kappa shape index (κ2) is 7.62. The Morgan fingerprint density at radius 2 is 2.10 bits per heavy atom. The summed E-state index contributed by atoms with van der Waals surface area (Å²) in [4.78, 5) is 7.72. The van der Waals surface area contributed by atoms with Gasteiger partial charge < -0.3 is 10.3 Å². The molecule has 3 nitrogen and oxygen atoms in total.